The van der Waals surface area contributed by atoms with Gasteiger partial charge in [-0.1, -0.05) is 42.5 Å². The molecule has 0 spiro atoms. The molecule has 0 aliphatic heterocycles. The highest BCUT2D eigenvalue weighted by molar-refractivity contribution is 7.15. The SMILES string of the molecule is CC(O)c1cccc(Nc2nccc(-c3ccc(CCc4ccccc4)s3)n2)c1. The molecule has 2 aromatic carbocycles. The molecule has 2 aromatic heterocycles. The number of nitrogens with zero attached hydrogens (tertiary/aromatic N) is 2. The fraction of sp³-hybridized carbons (Fsp3) is 0.167. The van der Waals surface area contributed by atoms with E-state index in [0.29, 0.717) is 5.95 Å². The van der Waals surface area contributed by atoms with E-state index in [4.69, 9.17) is 0 Å². The molecule has 0 saturated carbocycles. The number of thiophene rings is 1. The maximum absolute atomic E-state index is 9.77. The van der Waals surface area contributed by atoms with Gasteiger partial charge in [0.1, 0.15) is 0 Å². The van der Waals surface area contributed by atoms with Gasteiger partial charge < -0.3 is 10.4 Å². The van der Waals surface area contributed by atoms with E-state index < -0.39 is 6.10 Å². The van der Waals surface area contributed by atoms with Crippen LogP contribution in [0.15, 0.2) is 79.0 Å². The van der Waals surface area contributed by atoms with E-state index >= 15 is 0 Å². The topological polar surface area (TPSA) is 58.0 Å². The lowest BCUT2D eigenvalue weighted by Gasteiger charge is -2.09. The molecule has 1 atom stereocenters. The molecule has 0 radical (unpaired) electrons. The average molecular weight is 402 g/mol. The second-order valence-electron chi connectivity index (χ2n) is 6.94. The minimum atomic E-state index is -0.510. The summed E-state index contributed by atoms with van der Waals surface area (Å²) in [7, 11) is 0. The average Bonchev–Trinajstić information content (AvgIpc) is 3.23. The van der Waals surface area contributed by atoms with E-state index in [1.54, 1.807) is 24.5 Å². The lowest BCUT2D eigenvalue weighted by atomic mass is 10.1. The summed E-state index contributed by atoms with van der Waals surface area (Å²) in [4.78, 5) is 11.5. The lowest BCUT2D eigenvalue weighted by molar-refractivity contribution is 0.199. The molecule has 0 aliphatic carbocycles. The smallest absolute Gasteiger partial charge is 0.227 e. The van der Waals surface area contributed by atoms with Crippen LogP contribution < -0.4 is 5.32 Å². The van der Waals surface area contributed by atoms with Gasteiger partial charge in [0, 0.05) is 16.8 Å². The zero-order chi connectivity index (χ0) is 20.1. The first-order chi connectivity index (χ1) is 14.2. The second kappa shape index (κ2) is 8.99. The maximum atomic E-state index is 9.77. The molecule has 2 N–H and O–H groups in total. The van der Waals surface area contributed by atoms with Crippen molar-refractivity contribution in [3.63, 3.8) is 0 Å². The summed E-state index contributed by atoms with van der Waals surface area (Å²) in [6, 6.07) is 24.5. The first kappa shape index (κ1) is 19.3. The third-order valence-electron chi connectivity index (χ3n) is 4.70. The van der Waals surface area contributed by atoms with Crippen molar-refractivity contribution in [2.75, 3.05) is 5.32 Å². The van der Waals surface area contributed by atoms with Gasteiger partial charge >= 0.3 is 0 Å². The Hall–Kier alpha value is -3.02. The highest BCUT2D eigenvalue weighted by Crippen LogP contribution is 2.28. The summed E-state index contributed by atoms with van der Waals surface area (Å²) < 4.78 is 0. The molecule has 0 fully saturated rings. The van der Waals surface area contributed by atoms with Crippen molar-refractivity contribution >= 4 is 23.0 Å². The Morgan fingerprint density at radius 3 is 2.66 bits per heavy atom. The molecule has 0 amide bonds. The zero-order valence-electron chi connectivity index (χ0n) is 16.2. The van der Waals surface area contributed by atoms with E-state index in [0.717, 1.165) is 34.7 Å². The summed E-state index contributed by atoms with van der Waals surface area (Å²) in [5.41, 5.74) is 3.98. The van der Waals surface area contributed by atoms with Crippen molar-refractivity contribution in [2.24, 2.45) is 0 Å². The standard InChI is InChI=1S/C24H23N3OS/c1-17(28)19-8-5-9-20(16-19)26-24-25-15-14-22(27-24)23-13-12-21(29-23)11-10-18-6-3-2-4-7-18/h2-9,12-17,28H,10-11H2,1H3,(H,25,26,27). The lowest BCUT2D eigenvalue weighted by Crippen LogP contribution is -1.99. The third kappa shape index (κ3) is 5.08. The number of hydrogen-bond donors (Lipinski definition) is 2. The Labute approximate surface area is 174 Å². The summed E-state index contributed by atoms with van der Waals surface area (Å²) in [6.07, 6.45) is 3.32. The van der Waals surface area contributed by atoms with Gasteiger partial charge in [-0.05, 0) is 61.2 Å². The van der Waals surface area contributed by atoms with Crippen LogP contribution in [0.3, 0.4) is 0 Å². The number of aromatic nitrogens is 2. The molecule has 0 bridgehead atoms. The van der Waals surface area contributed by atoms with E-state index in [2.05, 4.69) is 51.7 Å². The van der Waals surface area contributed by atoms with Gasteiger partial charge in [0.15, 0.2) is 0 Å². The van der Waals surface area contributed by atoms with E-state index in [1.165, 1.54) is 10.4 Å². The molecule has 29 heavy (non-hydrogen) atoms. The minimum absolute atomic E-state index is 0.510. The number of rotatable bonds is 7. The zero-order valence-corrected chi connectivity index (χ0v) is 17.1. The van der Waals surface area contributed by atoms with Crippen LogP contribution in [-0.4, -0.2) is 15.1 Å². The first-order valence-corrected chi connectivity index (χ1v) is 10.5. The Bertz CT molecular complexity index is 1080. The van der Waals surface area contributed by atoms with Crippen molar-refractivity contribution < 1.29 is 5.11 Å². The minimum Gasteiger partial charge on any atom is -0.389 e. The van der Waals surface area contributed by atoms with Gasteiger partial charge in [0.25, 0.3) is 0 Å². The number of aliphatic hydroxyl groups is 1. The summed E-state index contributed by atoms with van der Waals surface area (Å²) in [5, 5.41) is 13.0. The summed E-state index contributed by atoms with van der Waals surface area (Å²) in [6.45, 7) is 1.75. The fourth-order valence-corrected chi connectivity index (χ4v) is 4.10. The summed E-state index contributed by atoms with van der Waals surface area (Å²) >= 11 is 1.78. The van der Waals surface area contributed by atoms with Gasteiger partial charge in [0.2, 0.25) is 5.95 Å². The largest absolute Gasteiger partial charge is 0.389 e. The van der Waals surface area contributed by atoms with Gasteiger partial charge in [-0.3, -0.25) is 0 Å². The molecule has 4 nitrogen and oxygen atoms in total. The highest BCUT2D eigenvalue weighted by Gasteiger charge is 2.08. The monoisotopic (exact) mass is 401 g/mol. The Kier molecular flexibility index (Phi) is 5.98. The van der Waals surface area contributed by atoms with Crippen LogP contribution in [0.4, 0.5) is 11.6 Å². The van der Waals surface area contributed by atoms with Gasteiger partial charge in [-0.2, -0.15) is 0 Å². The number of aliphatic hydroxyl groups excluding tert-OH is 1. The van der Waals surface area contributed by atoms with Gasteiger partial charge in [-0.15, -0.1) is 11.3 Å². The van der Waals surface area contributed by atoms with Crippen LogP contribution in [0.2, 0.25) is 0 Å². The Balaban J connectivity index is 1.46. The number of anilines is 2. The molecular formula is C24H23N3OS. The van der Waals surface area contributed by atoms with Gasteiger partial charge in [0.05, 0.1) is 16.7 Å². The van der Waals surface area contributed by atoms with Crippen LogP contribution in [0.1, 0.15) is 29.0 Å². The van der Waals surface area contributed by atoms with Crippen molar-refractivity contribution in [3.05, 3.63) is 95.0 Å². The van der Waals surface area contributed by atoms with E-state index in [1.807, 2.05) is 36.4 Å². The number of aryl methyl sites for hydroxylation is 2. The highest BCUT2D eigenvalue weighted by atomic mass is 32.1. The predicted octanol–water partition coefficient (Wildman–Crippen LogP) is 5.79. The van der Waals surface area contributed by atoms with Crippen molar-refractivity contribution in [3.8, 4) is 10.6 Å². The van der Waals surface area contributed by atoms with E-state index in [9.17, 15) is 5.11 Å². The molecule has 4 aromatic rings. The van der Waals surface area contributed by atoms with Gasteiger partial charge in [-0.25, -0.2) is 9.97 Å². The quantitative estimate of drug-likeness (QED) is 0.412. The fourth-order valence-electron chi connectivity index (χ4n) is 3.12. The van der Waals surface area contributed by atoms with Crippen LogP contribution in [-0.2, 0) is 12.8 Å². The molecule has 2 heterocycles. The molecule has 0 aliphatic rings. The van der Waals surface area contributed by atoms with Crippen LogP contribution in [0.5, 0.6) is 0 Å². The molecular weight excluding hydrogens is 378 g/mol. The molecule has 0 saturated heterocycles. The molecule has 1 unspecified atom stereocenters. The first-order valence-electron chi connectivity index (χ1n) is 9.68. The number of nitrogens with one attached hydrogen (secondary N) is 1. The molecule has 5 heteroatoms. The van der Waals surface area contributed by atoms with Crippen molar-refractivity contribution in [1.82, 2.24) is 9.97 Å². The van der Waals surface area contributed by atoms with E-state index in [-0.39, 0.29) is 0 Å². The van der Waals surface area contributed by atoms with Crippen LogP contribution in [0, 0.1) is 0 Å². The van der Waals surface area contributed by atoms with Crippen molar-refractivity contribution in [1.29, 1.82) is 0 Å². The Morgan fingerprint density at radius 1 is 0.966 bits per heavy atom. The van der Waals surface area contributed by atoms with Crippen molar-refractivity contribution in [2.45, 2.75) is 25.9 Å². The third-order valence-corrected chi connectivity index (χ3v) is 5.87. The summed E-state index contributed by atoms with van der Waals surface area (Å²) in [5.74, 6) is 0.546. The van der Waals surface area contributed by atoms with Crippen LogP contribution in [0.25, 0.3) is 10.6 Å². The predicted molar refractivity (Wildman–Crippen MR) is 120 cm³/mol. The maximum Gasteiger partial charge on any atom is 0.227 e. The number of benzene rings is 2. The van der Waals surface area contributed by atoms with Crippen LogP contribution >= 0.6 is 11.3 Å². The number of hydrogen-bond acceptors (Lipinski definition) is 5. The molecule has 4 rings (SSSR count). The normalized spacial score (nSPS) is 11.9. The second-order valence-corrected chi connectivity index (χ2v) is 8.11. The Morgan fingerprint density at radius 2 is 1.83 bits per heavy atom. The molecule has 146 valence electrons.